The standard InChI is InChI=1S/3C12H21NO.C12H15NO.3C10H17NO2.C9H17NO2S.C9H17NO.C8H15NO/c3*1-8(2)12(14)13-10-4-5-11(13)7-9(3)6-10;1-9(2)12(14)13-7-10-5-3-4-6-11(10)8-13;3*1-7(2)10(13)11-6-4-5-9(11)8(3)12;1-8(2)9(11)10-4-6-13(3,12)7-5-10;1-8(2)9(11)10-6-4-3-5-7-10;1-7(2)8(10)9-5-3-4-6-9/h3*8-11H,4-7H2,1-3H3;3-6,9H,7-8H2,1-2H3;3*7,9H,4-6H2,1-3H3;8H,3-7H2,1-2H3;8H,3-7H2,1-2H3;7H,3-6H2,1-2H3/t2*9?,10-,11+;;;2*9-;;;;/m....10..../s1. The van der Waals surface area contributed by atoms with E-state index in [1.807, 2.05) is 165 Å². The number of likely N-dealkylation sites (tertiary alicyclic amines) is 5. The summed E-state index contributed by atoms with van der Waals surface area (Å²) in [6.07, 6.45) is 26.3. The number of carbonyl (C=O) groups excluding carboxylic acids is 13. The molecule has 0 aromatic heterocycles. The number of nitrogens with zero attached hydrogens (tertiary/aromatic N) is 10. The topological polar surface area (TPSA) is 271 Å². The molecule has 0 saturated carbocycles. The Morgan fingerprint density at radius 3 is 0.705 bits per heavy atom. The van der Waals surface area contributed by atoms with Gasteiger partial charge in [-0.25, -0.2) is 0 Å². The van der Waals surface area contributed by atoms with E-state index in [1.54, 1.807) is 40.4 Å². The number of hydrogen-bond acceptors (Lipinski definition) is 14. The van der Waals surface area contributed by atoms with Crippen molar-refractivity contribution in [2.24, 2.45) is 76.9 Å². The fourth-order valence-electron chi connectivity index (χ4n) is 20.7. The third kappa shape index (κ3) is 34.1. The summed E-state index contributed by atoms with van der Waals surface area (Å²) in [5.74, 6) is 11.1. The molecule has 129 heavy (non-hydrogen) atoms. The van der Waals surface area contributed by atoms with Crippen LogP contribution >= 0.6 is 0 Å². The van der Waals surface area contributed by atoms with E-state index in [2.05, 4.69) is 53.5 Å². The number of piperidine rings is 4. The first-order chi connectivity index (χ1) is 60.4. The molecule has 734 valence electrons. The van der Waals surface area contributed by atoms with Gasteiger partial charge in [-0.15, -0.1) is 0 Å². The second kappa shape index (κ2) is 53.7. The Labute approximate surface area is 780 Å². The Morgan fingerprint density at radius 2 is 0.488 bits per heavy atom. The predicted octanol–water partition coefficient (Wildman–Crippen LogP) is 16.3. The first-order valence-electron chi connectivity index (χ1n) is 50.4. The lowest BCUT2D eigenvalue weighted by Gasteiger charge is -2.38. The van der Waals surface area contributed by atoms with Gasteiger partial charge >= 0.3 is 0 Å². The van der Waals surface area contributed by atoms with Gasteiger partial charge in [0.15, 0.2) is 17.3 Å². The quantitative estimate of drug-likeness (QED) is 0.166. The van der Waals surface area contributed by atoms with Crippen molar-refractivity contribution in [3.63, 3.8) is 0 Å². The molecule has 0 N–H and O–H groups in total. The molecule has 13 aliphatic rings. The number of hydrogen-bond donors (Lipinski definition) is 0. The van der Waals surface area contributed by atoms with Crippen molar-refractivity contribution in [3.05, 3.63) is 35.4 Å². The summed E-state index contributed by atoms with van der Waals surface area (Å²) in [4.78, 5) is 170. The van der Waals surface area contributed by atoms with Crippen LogP contribution in [0, 0.1) is 76.9 Å². The fraction of sp³-hybridized carbons (Fsp3) is 0.808. The van der Waals surface area contributed by atoms with Crippen molar-refractivity contribution in [2.75, 3.05) is 70.4 Å². The van der Waals surface area contributed by atoms with Crippen LogP contribution in [0.2, 0.25) is 0 Å². The summed E-state index contributed by atoms with van der Waals surface area (Å²) < 4.78 is 11.5. The molecule has 0 radical (unpaired) electrons. The molecule has 6 bridgehead atoms. The zero-order valence-corrected chi connectivity index (χ0v) is 86.1. The molecule has 12 fully saturated rings. The molecule has 10 amide bonds. The van der Waals surface area contributed by atoms with Crippen molar-refractivity contribution in [2.45, 2.75) is 395 Å². The third-order valence-corrected chi connectivity index (χ3v) is 29.5. The molecule has 0 aliphatic carbocycles. The number of Topliss-reactive ketones (excluding diaryl/α,β-unsaturated/α-hetero) is 3. The lowest BCUT2D eigenvalue weighted by atomic mass is 9.91. The van der Waals surface area contributed by atoms with Gasteiger partial charge in [-0.2, -0.15) is 0 Å². The van der Waals surface area contributed by atoms with Gasteiger partial charge in [-0.1, -0.05) is 184 Å². The summed E-state index contributed by atoms with van der Waals surface area (Å²) in [5, 5.41) is 0. The number of amides is 10. The molecule has 1 aromatic rings. The molecule has 5 unspecified atom stereocenters. The van der Waals surface area contributed by atoms with Crippen LogP contribution in [0.15, 0.2) is 24.3 Å². The fourth-order valence-corrected chi connectivity index (χ4v) is 22.0. The molecular formula is C104H178N10O14S. The maximum absolute atomic E-state index is 12.0. The van der Waals surface area contributed by atoms with E-state index < -0.39 is 9.52 Å². The highest BCUT2D eigenvalue weighted by atomic mass is 32.2. The number of ketones is 3. The van der Waals surface area contributed by atoms with Crippen molar-refractivity contribution in [1.82, 2.24) is 49.0 Å². The number of benzene rings is 1. The maximum Gasteiger partial charge on any atom is 0.225 e. The Morgan fingerprint density at radius 1 is 0.279 bits per heavy atom. The molecule has 25 heteroatoms. The van der Waals surface area contributed by atoms with Crippen LogP contribution in [0.1, 0.15) is 339 Å². The molecule has 13 aliphatic heterocycles. The average Bonchev–Trinajstić information content (AvgIpc) is 1.66. The summed E-state index contributed by atoms with van der Waals surface area (Å²) >= 11 is 0. The summed E-state index contributed by atoms with van der Waals surface area (Å²) in [6.45, 7) is 59.5. The normalized spacial score (nSPS) is 25.6. The van der Waals surface area contributed by atoms with Gasteiger partial charge in [0.25, 0.3) is 0 Å². The van der Waals surface area contributed by atoms with Crippen molar-refractivity contribution < 1.29 is 66.5 Å². The van der Waals surface area contributed by atoms with Crippen LogP contribution in [-0.2, 0) is 84.9 Å². The van der Waals surface area contributed by atoms with Crippen LogP contribution in [0.4, 0.5) is 0 Å². The Kier molecular flexibility index (Phi) is 46.9. The third-order valence-electron chi connectivity index (χ3n) is 27.6. The highest BCUT2D eigenvalue weighted by molar-refractivity contribution is 8.00. The first-order valence-corrected chi connectivity index (χ1v) is 52.4. The molecule has 13 heterocycles. The smallest absolute Gasteiger partial charge is 0.225 e. The SMILES string of the molecule is C=S1(=O)CCN(C(=O)C(C)C)CC1.CC(=O)C1CCCN1C(=O)C(C)C.CC(=O)[C@@H]1CCCN1C(=O)C(C)C.CC(=O)[C@H]1CCCN1C(=O)C(C)C.CC(C)C(=O)N1CCCC1.CC(C)C(=O)N1CCCCC1.CC(C)C(=O)N1Cc2ccccc2C1.CC1CC2CCC(C1)N2C(=O)C(C)C.CC1C[C@H]2CC[C@@H](C1)N2C(=O)C(C)C.CC1C[C@H]2CC[C@@H](C1)N2C(=O)C(C)C. The zero-order valence-electron chi connectivity index (χ0n) is 85.3. The Balaban J connectivity index is 0.000000254. The van der Waals surface area contributed by atoms with E-state index in [-0.39, 0.29) is 124 Å². The highest BCUT2D eigenvalue weighted by Gasteiger charge is 2.46. The predicted molar refractivity (Wildman–Crippen MR) is 519 cm³/mol. The highest BCUT2D eigenvalue weighted by Crippen LogP contribution is 2.42. The molecule has 11 atom stereocenters. The molecule has 24 nitrogen and oxygen atoms in total. The van der Waals surface area contributed by atoms with Gasteiger partial charge in [0.05, 0.1) is 18.1 Å². The second-order valence-corrected chi connectivity index (χ2v) is 45.4. The Hall–Kier alpha value is -7.05. The summed E-state index contributed by atoms with van der Waals surface area (Å²) in [7, 11) is -1.87. The molecule has 1 aromatic carbocycles. The van der Waals surface area contributed by atoms with Crippen LogP contribution in [0.25, 0.3) is 0 Å². The number of rotatable bonds is 13. The molecule has 14 rings (SSSR count). The van der Waals surface area contributed by atoms with Crippen LogP contribution in [0.5, 0.6) is 0 Å². The van der Waals surface area contributed by atoms with E-state index in [1.165, 1.54) is 120 Å². The van der Waals surface area contributed by atoms with Gasteiger partial charge in [-0.05, 0) is 213 Å². The maximum atomic E-state index is 12.0. The molecular weight excluding hydrogens is 1650 g/mol. The molecule has 12 saturated heterocycles. The minimum atomic E-state index is -1.87. The van der Waals surface area contributed by atoms with Crippen LogP contribution in [0.3, 0.4) is 0 Å². The van der Waals surface area contributed by atoms with Gasteiger partial charge < -0.3 is 49.0 Å². The second-order valence-electron chi connectivity index (χ2n) is 42.6. The van der Waals surface area contributed by atoms with Crippen molar-refractivity contribution in [3.8, 4) is 0 Å². The largest absolute Gasteiger partial charge is 0.342 e. The van der Waals surface area contributed by atoms with E-state index >= 15 is 0 Å². The van der Waals surface area contributed by atoms with E-state index in [0.29, 0.717) is 90.4 Å². The number of fused-ring (bicyclic) bond motifs is 7. The van der Waals surface area contributed by atoms with Crippen LogP contribution in [-0.4, -0.2) is 260 Å². The minimum absolute atomic E-state index is 0.0000463. The number of carbonyl (C=O) groups is 13. The van der Waals surface area contributed by atoms with Gasteiger partial charge in [-0.3, -0.25) is 66.5 Å². The van der Waals surface area contributed by atoms with Crippen molar-refractivity contribution in [1.29, 1.82) is 0 Å². The Bertz CT molecular complexity index is 3600. The lowest BCUT2D eigenvalue weighted by Crippen LogP contribution is -2.47. The summed E-state index contributed by atoms with van der Waals surface area (Å²) in [5.41, 5.74) is 2.59. The van der Waals surface area contributed by atoms with E-state index in [4.69, 9.17) is 0 Å². The monoisotopic (exact) mass is 1820 g/mol. The minimum Gasteiger partial charge on any atom is -0.342 e. The van der Waals surface area contributed by atoms with Crippen LogP contribution < -0.4 is 0 Å². The van der Waals surface area contributed by atoms with E-state index in [0.717, 1.165) is 115 Å². The first kappa shape index (κ1) is 112. The van der Waals surface area contributed by atoms with E-state index in [9.17, 15) is 66.5 Å². The van der Waals surface area contributed by atoms with Gasteiger partial charge in [0.1, 0.15) is 0 Å². The average molecular weight is 1820 g/mol. The van der Waals surface area contributed by atoms with Crippen molar-refractivity contribution >= 4 is 91.8 Å². The summed E-state index contributed by atoms with van der Waals surface area (Å²) in [6, 6.07) is 11.2. The molecule has 0 spiro atoms. The van der Waals surface area contributed by atoms with Gasteiger partial charge in [0.2, 0.25) is 59.1 Å². The van der Waals surface area contributed by atoms with Gasteiger partial charge in [0, 0.05) is 179 Å². The lowest BCUT2D eigenvalue weighted by molar-refractivity contribution is -0.140. The zero-order chi connectivity index (χ0) is 96.9.